The second kappa shape index (κ2) is 8.00. The lowest BCUT2D eigenvalue weighted by Crippen LogP contribution is -2.69. The summed E-state index contributed by atoms with van der Waals surface area (Å²) in [7, 11) is 0. The van der Waals surface area contributed by atoms with Gasteiger partial charge in [-0.1, -0.05) is 33.3 Å². The van der Waals surface area contributed by atoms with Crippen molar-refractivity contribution in [3.8, 4) is 0 Å². The number of hydrogen-bond donors (Lipinski definition) is 0. The van der Waals surface area contributed by atoms with Crippen LogP contribution in [0.25, 0.3) is 0 Å². The van der Waals surface area contributed by atoms with E-state index in [2.05, 4.69) is 0 Å². The molecule has 0 saturated heterocycles. The number of rotatable bonds is 5. The molecule has 5 nitrogen and oxygen atoms in total. The van der Waals surface area contributed by atoms with Gasteiger partial charge in [0.2, 0.25) is 0 Å². The van der Waals surface area contributed by atoms with Crippen LogP contribution < -0.4 is 0 Å². The zero-order valence-electron chi connectivity index (χ0n) is 20.0. The van der Waals surface area contributed by atoms with Crippen LogP contribution in [0.5, 0.6) is 0 Å². The lowest BCUT2D eigenvalue weighted by atomic mass is 9.44. The predicted molar refractivity (Wildman–Crippen MR) is 121 cm³/mol. The highest BCUT2D eigenvalue weighted by Crippen LogP contribution is 2.71. The summed E-state index contributed by atoms with van der Waals surface area (Å²) < 4.78 is 23.2. The van der Waals surface area contributed by atoms with Gasteiger partial charge in [0, 0.05) is 41.9 Å². The molecule has 0 aliphatic heterocycles. The maximum Gasteiger partial charge on any atom is 0.306 e. The largest absolute Gasteiger partial charge is 0.450 e. The van der Waals surface area contributed by atoms with E-state index in [1.54, 1.807) is 13.0 Å². The molecule has 4 rings (SSSR count). The molecule has 0 heterocycles. The normalized spacial score (nSPS) is 44.4. The summed E-state index contributed by atoms with van der Waals surface area (Å²) >= 11 is 6.03. The Morgan fingerprint density at radius 1 is 1.21 bits per heavy atom. The van der Waals surface area contributed by atoms with Crippen molar-refractivity contribution in [2.45, 2.75) is 90.3 Å². The van der Waals surface area contributed by atoms with E-state index in [1.807, 2.05) is 20.8 Å². The van der Waals surface area contributed by atoms with Crippen LogP contribution in [0.2, 0.25) is 0 Å². The smallest absolute Gasteiger partial charge is 0.306 e. The number of Topliss-reactive ketones (excluding diaryl/α,β-unsaturated/α-hetero) is 2. The van der Waals surface area contributed by atoms with Crippen molar-refractivity contribution < 1.29 is 28.3 Å². The summed E-state index contributed by atoms with van der Waals surface area (Å²) in [6, 6.07) is 0. The third kappa shape index (κ3) is 3.01. The number of ether oxygens (including phenoxy) is 1. The molecule has 0 spiro atoms. The van der Waals surface area contributed by atoms with E-state index >= 15 is 4.39 Å². The van der Waals surface area contributed by atoms with Crippen LogP contribution >= 0.6 is 11.6 Å². The Balaban J connectivity index is 1.83. The summed E-state index contributed by atoms with van der Waals surface area (Å²) in [6.45, 7) is 7.31. The molecule has 0 aromatic heterocycles. The van der Waals surface area contributed by atoms with Gasteiger partial charge in [0.15, 0.2) is 28.6 Å². The minimum absolute atomic E-state index is 0.0123. The molecule has 182 valence electrons. The molecule has 7 heteroatoms. The number of allylic oxidation sites excluding steroid dienone is 1. The fourth-order valence-corrected chi connectivity index (χ4v) is 8.21. The highest BCUT2D eigenvalue weighted by atomic mass is 35.5. The molecule has 4 aliphatic carbocycles. The van der Waals surface area contributed by atoms with E-state index < -0.39 is 45.6 Å². The quantitative estimate of drug-likeness (QED) is 0.412. The minimum Gasteiger partial charge on any atom is -0.450 e. The van der Waals surface area contributed by atoms with Crippen LogP contribution in [0.15, 0.2) is 11.6 Å². The minimum atomic E-state index is -2.10. The molecule has 3 fully saturated rings. The van der Waals surface area contributed by atoms with Gasteiger partial charge in [-0.05, 0) is 44.1 Å². The second-order valence-corrected chi connectivity index (χ2v) is 11.4. The standard InChI is InChI=1S/C26H34ClFO5/c1-5-6-22(32)33-26(21(31)14-27)15(2)11-19-18-8-7-16-12-17(29)9-10-23(16,3)25(18,28)20(30)13-24(19,26)4/h12,15,18-19H,5-11,13-14H2,1-4H3/t15?,18-,19-,23-,24-,25-,26-/m0/s1. The maximum atomic E-state index is 17.2. The number of esters is 1. The van der Waals surface area contributed by atoms with Gasteiger partial charge < -0.3 is 4.74 Å². The van der Waals surface area contributed by atoms with E-state index in [-0.39, 0.29) is 42.8 Å². The average Bonchev–Trinajstić information content (AvgIpc) is 2.97. The van der Waals surface area contributed by atoms with E-state index in [9.17, 15) is 19.2 Å². The van der Waals surface area contributed by atoms with Crippen LogP contribution in [0.1, 0.15) is 79.1 Å². The first-order chi connectivity index (χ1) is 15.4. The fraction of sp³-hybridized carbons (Fsp3) is 0.769. The Bertz CT molecular complexity index is 945. The lowest BCUT2D eigenvalue weighted by molar-refractivity contribution is -0.203. The summed E-state index contributed by atoms with van der Waals surface area (Å²) in [5, 5.41) is 0. The molecule has 0 aromatic carbocycles. The molecular formula is C26H34ClFO5. The van der Waals surface area contributed by atoms with Crippen molar-refractivity contribution in [3.05, 3.63) is 11.6 Å². The monoisotopic (exact) mass is 480 g/mol. The SMILES string of the molecule is CCCC(=O)O[C@]1(C(=O)CCl)C(C)C[C@H]2[C@@H]3CCC4=CC(=O)CC[C@]4(C)[C@@]3(F)C(=O)C[C@@]21C. The number of alkyl halides is 2. The average molecular weight is 481 g/mol. The number of fused-ring (bicyclic) bond motifs is 5. The summed E-state index contributed by atoms with van der Waals surface area (Å²) in [5.41, 5.74) is -4.96. The fourth-order valence-electron chi connectivity index (χ4n) is 8.01. The van der Waals surface area contributed by atoms with Crippen LogP contribution in [0.4, 0.5) is 4.39 Å². The van der Waals surface area contributed by atoms with Crippen molar-refractivity contribution in [2.24, 2.45) is 28.6 Å². The van der Waals surface area contributed by atoms with Crippen LogP contribution in [-0.2, 0) is 23.9 Å². The highest BCUT2D eigenvalue weighted by molar-refractivity contribution is 6.29. The zero-order valence-corrected chi connectivity index (χ0v) is 20.7. The van der Waals surface area contributed by atoms with E-state index in [1.165, 1.54) is 0 Å². The number of hydrogen-bond acceptors (Lipinski definition) is 5. The Kier molecular flexibility index (Phi) is 5.95. The molecule has 0 amide bonds. The predicted octanol–water partition coefficient (Wildman–Crippen LogP) is 4.93. The van der Waals surface area contributed by atoms with Crippen molar-refractivity contribution in [2.75, 3.05) is 5.88 Å². The summed E-state index contributed by atoms with van der Waals surface area (Å²) in [5.74, 6) is -3.07. The topological polar surface area (TPSA) is 77.5 Å². The molecule has 1 unspecified atom stereocenters. The Morgan fingerprint density at radius 2 is 1.91 bits per heavy atom. The van der Waals surface area contributed by atoms with Crippen molar-refractivity contribution >= 4 is 34.9 Å². The van der Waals surface area contributed by atoms with Gasteiger partial charge in [0.25, 0.3) is 0 Å². The van der Waals surface area contributed by atoms with E-state index in [0.29, 0.717) is 32.1 Å². The second-order valence-electron chi connectivity index (χ2n) is 11.1. The first kappa shape index (κ1) is 24.6. The Hall–Kier alpha value is -1.56. The van der Waals surface area contributed by atoms with Gasteiger partial charge in [-0.3, -0.25) is 19.2 Å². The molecule has 33 heavy (non-hydrogen) atoms. The van der Waals surface area contributed by atoms with Crippen LogP contribution in [0.3, 0.4) is 0 Å². The molecule has 3 saturated carbocycles. The number of carbonyl (C=O) groups excluding carboxylic acids is 4. The molecule has 7 atom stereocenters. The number of ketones is 3. The summed E-state index contributed by atoms with van der Waals surface area (Å²) in [4.78, 5) is 51.9. The van der Waals surface area contributed by atoms with Crippen molar-refractivity contribution in [1.82, 2.24) is 0 Å². The number of carbonyl (C=O) groups is 4. The molecule has 0 aromatic rings. The highest BCUT2D eigenvalue weighted by Gasteiger charge is 2.77. The van der Waals surface area contributed by atoms with Gasteiger partial charge in [-0.2, -0.15) is 0 Å². The van der Waals surface area contributed by atoms with Gasteiger partial charge in [-0.15, -0.1) is 11.6 Å². The summed E-state index contributed by atoms with van der Waals surface area (Å²) in [6.07, 6.45) is 4.10. The van der Waals surface area contributed by atoms with Gasteiger partial charge >= 0.3 is 5.97 Å². The molecule has 0 bridgehead atoms. The van der Waals surface area contributed by atoms with Crippen LogP contribution in [-0.4, -0.2) is 40.5 Å². The molecule has 0 N–H and O–H groups in total. The van der Waals surface area contributed by atoms with Gasteiger partial charge in [0.05, 0.1) is 5.88 Å². The first-order valence-corrected chi connectivity index (χ1v) is 12.7. The third-order valence-corrected chi connectivity index (χ3v) is 9.85. The van der Waals surface area contributed by atoms with Crippen LogP contribution in [0, 0.1) is 28.6 Å². The van der Waals surface area contributed by atoms with Crippen molar-refractivity contribution in [1.29, 1.82) is 0 Å². The molecular weight excluding hydrogens is 447 g/mol. The van der Waals surface area contributed by atoms with E-state index in [0.717, 1.165) is 5.57 Å². The molecule has 0 radical (unpaired) electrons. The Labute approximate surface area is 199 Å². The third-order valence-electron chi connectivity index (χ3n) is 9.61. The van der Waals surface area contributed by atoms with Gasteiger partial charge in [-0.25, -0.2) is 4.39 Å². The first-order valence-electron chi connectivity index (χ1n) is 12.2. The maximum absolute atomic E-state index is 17.2. The van der Waals surface area contributed by atoms with Gasteiger partial charge in [0.1, 0.15) is 0 Å². The lowest BCUT2D eigenvalue weighted by Gasteiger charge is -2.60. The van der Waals surface area contributed by atoms with E-state index in [4.69, 9.17) is 16.3 Å². The van der Waals surface area contributed by atoms with Crippen molar-refractivity contribution in [3.63, 3.8) is 0 Å². The Morgan fingerprint density at radius 3 is 2.55 bits per heavy atom. The molecule has 4 aliphatic rings. The zero-order chi connectivity index (χ0) is 24.4. The number of halogens is 2.